The Hall–Kier alpha value is -2.63. The average molecular weight is 452 g/mol. The Kier molecular flexibility index (Phi) is 8.56. The molecule has 6 heteroatoms. The number of ether oxygens (including phenoxy) is 2. The minimum Gasteiger partial charge on any atom is -0.490 e. The van der Waals surface area contributed by atoms with Gasteiger partial charge < -0.3 is 14.8 Å². The molecule has 0 atom stereocenters. The molecule has 0 unspecified atom stereocenters. The van der Waals surface area contributed by atoms with Gasteiger partial charge in [-0.25, -0.2) is 0 Å². The second-order valence-corrected chi connectivity index (χ2v) is 9.42. The van der Waals surface area contributed by atoms with Crippen molar-refractivity contribution in [2.75, 3.05) is 0 Å². The van der Waals surface area contributed by atoms with Gasteiger partial charge in [0.25, 0.3) is 0 Å². The summed E-state index contributed by atoms with van der Waals surface area (Å²) in [6, 6.07) is 10.7. The highest BCUT2D eigenvalue weighted by Crippen LogP contribution is 2.31. The van der Waals surface area contributed by atoms with Crippen molar-refractivity contribution in [1.29, 1.82) is 0 Å². The molecular weight excluding hydrogens is 414 g/mol. The normalized spacial score (nSPS) is 21.4. The lowest BCUT2D eigenvalue weighted by molar-refractivity contribution is -0.110. The van der Waals surface area contributed by atoms with Gasteiger partial charge in [0.1, 0.15) is 11.9 Å². The zero-order chi connectivity index (χ0) is 22.9. The van der Waals surface area contributed by atoms with Gasteiger partial charge in [-0.2, -0.15) is 5.10 Å². The van der Waals surface area contributed by atoms with E-state index in [-0.39, 0.29) is 12.1 Å². The first-order chi connectivity index (χ1) is 16.2. The molecule has 2 aliphatic carbocycles. The number of carbonyl (C=O) groups excluding carboxylic acids is 1. The average Bonchev–Trinajstić information content (AvgIpc) is 2.86. The van der Waals surface area contributed by atoms with Crippen LogP contribution in [0.3, 0.4) is 0 Å². The highest BCUT2D eigenvalue weighted by atomic mass is 16.5. The highest BCUT2D eigenvalue weighted by molar-refractivity contribution is 5.67. The van der Waals surface area contributed by atoms with Crippen LogP contribution >= 0.6 is 0 Å². The third-order valence-corrected chi connectivity index (χ3v) is 6.90. The first-order valence-corrected chi connectivity index (χ1v) is 12.7. The van der Waals surface area contributed by atoms with Crippen molar-refractivity contribution in [2.45, 2.75) is 102 Å². The monoisotopic (exact) mass is 451 g/mol. The van der Waals surface area contributed by atoms with Crippen LogP contribution in [0, 0.1) is 0 Å². The van der Waals surface area contributed by atoms with Crippen molar-refractivity contribution in [2.24, 2.45) is 0 Å². The molecule has 33 heavy (non-hydrogen) atoms. The van der Waals surface area contributed by atoms with Crippen LogP contribution in [0.1, 0.15) is 83.2 Å². The molecule has 0 aliphatic heterocycles. The molecule has 6 nitrogen and oxygen atoms in total. The van der Waals surface area contributed by atoms with Gasteiger partial charge in [0.05, 0.1) is 11.8 Å². The van der Waals surface area contributed by atoms with Gasteiger partial charge in [-0.3, -0.25) is 4.79 Å². The van der Waals surface area contributed by atoms with E-state index >= 15 is 0 Å². The first kappa shape index (κ1) is 23.5. The van der Waals surface area contributed by atoms with E-state index in [2.05, 4.69) is 46.7 Å². The van der Waals surface area contributed by atoms with Crippen LogP contribution in [-0.4, -0.2) is 34.9 Å². The first-order valence-electron chi connectivity index (χ1n) is 12.7. The fourth-order valence-corrected chi connectivity index (χ4v) is 4.94. The predicted molar refractivity (Wildman–Crippen MR) is 129 cm³/mol. The maximum absolute atomic E-state index is 10.7. The molecule has 0 spiro atoms. The molecule has 1 heterocycles. The molecule has 2 aromatic rings. The van der Waals surface area contributed by atoms with Crippen molar-refractivity contribution < 1.29 is 14.3 Å². The number of aryl methyl sites for hydroxylation is 1. The van der Waals surface area contributed by atoms with Crippen LogP contribution in [0.25, 0.3) is 11.1 Å². The maximum Gasteiger partial charge on any atom is 0.234 e. The van der Waals surface area contributed by atoms with E-state index in [9.17, 15) is 4.79 Å². The SMILES string of the molecule is CCCCc1nnc(OC2CCC(NC=O)CC2)cc1-c1ccc(OC2CCCCC2)cc1. The number of unbranched alkanes of at least 4 members (excludes halogenated alkanes) is 1. The predicted octanol–water partition coefficient (Wildman–Crippen LogP) is 5.63. The van der Waals surface area contributed by atoms with Crippen LogP contribution in [0.4, 0.5) is 0 Å². The number of amides is 1. The molecule has 1 N–H and O–H groups in total. The number of nitrogens with zero attached hydrogens (tertiary/aromatic N) is 2. The zero-order valence-corrected chi connectivity index (χ0v) is 19.8. The molecule has 1 aromatic carbocycles. The van der Waals surface area contributed by atoms with Crippen molar-refractivity contribution >= 4 is 6.41 Å². The number of aromatic nitrogens is 2. The fourth-order valence-electron chi connectivity index (χ4n) is 4.94. The van der Waals surface area contributed by atoms with Crippen LogP contribution in [0.15, 0.2) is 30.3 Å². The molecule has 1 aromatic heterocycles. The summed E-state index contributed by atoms with van der Waals surface area (Å²) < 4.78 is 12.4. The Morgan fingerprint density at radius 3 is 2.36 bits per heavy atom. The van der Waals surface area contributed by atoms with E-state index in [4.69, 9.17) is 9.47 Å². The van der Waals surface area contributed by atoms with Crippen LogP contribution in [0.2, 0.25) is 0 Å². The summed E-state index contributed by atoms with van der Waals surface area (Å²) in [5, 5.41) is 11.8. The second-order valence-electron chi connectivity index (χ2n) is 9.42. The molecule has 1 amide bonds. The Morgan fingerprint density at radius 1 is 0.939 bits per heavy atom. The summed E-state index contributed by atoms with van der Waals surface area (Å²) in [5.41, 5.74) is 3.23. The van der Waals surface area contributed by atoms with Gasteiger partial charge in [0.2, 0.25) is 12.3 Å². The molecule has 2 fully saturated rings. The number of hydrogen-bond acceptors (Lipinski definition) is 5. The molecule has 0 bridgehead atoms. The molecule has 0 saturated heterocycles. The van der Waals surface area contributed by atoms with Crippen molar-refractivity contribution in [1.82, 2.24) is 15.5 Å². The Balaban J connectivity index is 1.46. The summed E-state index contributed by atoms with van der Waals surface area (Å²) >= 11 is 0. The Bertz CT molecular complexity index is 873. The molecular formula is C27H37N3O3. The molecule has 0 radical (unpaired) electrons. The van der Waals surface area contributed by atoms with Gasteiger partial charge >= 0.3 is 0 Å². The van der Waals surface area contributed by atoms with E-state index in [1.165, 1.54) is 19.3 Å². The summed E-state index contributed by atoms with van der Waals surface area (Å²) in [6.45, 7) is 2.19. The van der Waals surface area contributed by atoms with E-state index in [0.717, 1.165) is 86.8 Å². The lowest BCUT2D eigenvalue weighted by Gasteiger charge is -2.28. The Morgan fingerprint density at radius 2 is 1.67 bits per heavy atom. The van der Waals surface area contributed by atoms with Crippen LogP contribution in [0.5, 0.6) is 11.6 Å². The van der Waals surface area contributed by atoms with Crippen LogP contribution < -0.4 is 14.8 Å². The molecule has 178 valence electrons. The largest absolute Gasteiger partial charge is 0.490 e. The summed E-state index contributed by atoms with van der Waals surface area (Å²) in [4.78, 5) is 10.7. The maximum atomic E-state index is 10.7. The molecule has 2 saturated carbocycles. The van der Waals surface area contributed by atoms with Crippen molar-refractivity contribution in [3.8, 4) is 22.8 Å². The lowest BCUT2D eigenvalue weighted by atomic mass is 9.93. The molecule has 4 rings (SSSR count). The zero-order valence-electron chi connectivity index (χ0n) is 19.8. The number of benzene rings is 1. The van der Waals surface area contributed by atoms with Crippen LogP contribution in [-0.2, 0) is 11.2 Å². The van der Waals surface area contributed by atoms with E-state index < -0.39 is 0 Å². The third kappa shape index (κ3) is 6.68. The van der Waals surface area contributed by atoms with Gasteiger partial charge in [0, 0.05) is 17.7 Å². The Labute approximate surface area is 197 Å². The quantitative estimate of drug-likeness (QED) is 0.474. The standard InChI is InChI=1S/C27H37N3O3/c1-2-3-9-26-25(20-10-14-23(15-11-20)32-22-7-5-4-6-8-22)18-27(30-29-26)33-24-16-12-21(13-17-24)28-19-31/h10-11,14-15,18-19,21-22,24H,2-9,12-13,16-17H2,1H3,(H,28,31). The highest BCUT2D eigenvalue weighted by Gasteiger charge is 2.23. The summed E-state index contributed by atoms with van der Waals surface area (Å²) in [5.74, 6) is 1.53. The minimum atomic E-state index is 0.115. The summed E-state index contributed by atoms with van der Waals surface area (Å²) in [7, 11) is 0. The second kappa shape index (κ2) is 12.0. The van der Waals surface area contributed by atoms with Crippen molar-refractivity contribution in [3.63, 3.8) is 0 Å². The number of nitrogens with one attached hydrogen (secondary N) is 1. The smallest absolute Gasteiger partial charge is 0.234 e. The fraction of sp³-hybridized carbons (Fsp3) is 0.593. The van der Waals surface area contributed by atoms with Crippen molar-refractivity contribution in [3.05, 3.63) is 36.0 Å². The van der Waals surface area contributed by atoms with E-state index in [1.54, 1.807) is 0 Å². The third-order valence-electron chi connectivity index (χ3n) is 6.90. The lowest BCUT2D eigenvalue weighted by Crippen LogP contribution is -2.35. The number of hydrogen-bond donors (Lipinski definition) is 1. The van der Waals surface area contributed by atoms with E-state index in [1.807, 2.05) is 6.07 Å². The minimum absolute atomic E-state index is 0.115. The van der Waals surface area contributed by atoms with E-state index in [0.29, 0.717) is 12.0 Å². The topological polar surface area (TPSA) is 73.3 Å². The van der Waals surface area contributed by atoms with Gasteiger partial charge in [-0.05, 0) is 81.9 Å². The molecule has 2 aliphatic rings. The van der Waals surface area contributed by atoms with Gasteiger partial charge in [0.15, 0.2) is 0 Å². The number of rotatable bonds is 10. The van der Waals surface area contributed by atoms with Gasteiger partial charge in [-0.15, -0.1) is 5.10 Å². The number of carbonyl (C=O) groups is 1. The van der Waals surface area contributed by atoms with Gasteiger partial charge in [-0.1, -0.05) is 31.9 Å². The summed E-state index contributed by atoms with van der Waals surface area (Å²) in [6.07, 6.45) is 14.2.